The minimum atomic E-state index is -0.824. The van der Waals surface area contributed by atoms with E-state index in [2.05, 4.69) is 9.80 Å². The van der Waals surface area contributed by atoms with Crippen molar-refractivity contribution in [3.63, 3.8) is 0 Å². The molecule has 0 amide bonds. The summed E-state index contributed by atoms with van der Waals surface area (Å²) in [6.45, 7) is 5.04. The Kier molecular flexibility index (Phi) is 5.38. The number of nitrogens with zero attached hydrogens (tertiary/aromatic N) is 3. The minimum Gasteiger partial charge on any atom is -0.408 e. The summed E-state index contributed by atoms with van der Waals surface area (Å²) in [7, 11) is 1.61. The first-order valence-electron chi connectivity index (χ1n) is 9.57. The van der Waals surface area contributed by atoms with Crippen molar-refractivity contribution in [3.05, 3.63) is 63.4 Å². The van der Waals surface area contributed by atoms with Crippen LogP contribution in [-0.4, -0.2) is 46.8 Å². The van der Waals surface area contributed by atoms with Crippen molar-refractivity contribution in [2.75, 3.05) is 31.1 Å². The largest absolute Gasteiger partial charge is 0.419 e. The summed E-state index contributed by atoms with van der Waals surface area (Å²) in [5.74, 6) is -0.708. The third kappa shape index (κ3) is 3.77. The van der Waals surface area contributed by atoms with Crippen LogP contribution in [0.25, 0.3) is 11.1 Å². The van der Waals surface area contributed by atoms with Crippen LogP contribution >= 0.6 is 11.6 Å². The molecule has 2 atom stereocenters. The normalized spacial score (nSPS) is 17.6. The van der Waals surface area contributed by atoms with Gasteiger partial charge in [0.05, 0.1) is 11.6 Å². The fourth-order valence-corrected chi connectivity index (χ4v) is 4.16. The molecule has 0 aliphatic carbocycles. The Morgan fingerprint density at radius 1 is 1.14 bits per heavy atom. The third-order valence-corrected chi connectivity index (χ3v) is 6.10. The van der Waals surface area contributed by atoms with Crippen LogP contribution in [0.1, 0.15) is 18.6 Å². The monoisotopic (exact) mass is 419 g/mol. The van der Waals surface area contributed by atoms with Crippen molar-refractivity contribution < 1.29 is 13.9 Å². The molecule has 3 aromatic rings. The molecule has 1 N–H and O–H groups in total. The number of anilines is 1. The van der Waals surface area contributed by atoms with Crippen LogP contribution in [-0.2, 0) is 7.05 Å². The van der Waals surface area contributed by atoms with Crippen LogP contribution in [0.5, 0.6) is 0 Å². The lowest BCUT2D eigenvalue weighted by Crippen LogP contribution is -2.51. The molecule has 0 spiro atoms. The molecule has 0 saturated carbocycles. The topological polar surface area (TPSA) is 61.9 Å². The molecule has 2 unspecified atom stereocenters. The Balaban J connectivity index is 1.48. The highest BCUT2D eigenvalue weighted by Crippen LogP contribution is 2.32. The van der Waals surface area contributed by atoms with Gasteiger partial charge in [0.2, 0.25) is 0 Å². The predicted molar refractivity (Wildman–Crippen MR) is 111 cm³/mol. The first-order valence-corrected chi connectivity index (χ1v) is 9.94. The van der Waals surface area contributed by atoms with Gasteiger partial charge in [-0.1, -0.05) is 11.6 Å². The van der Waals surface area contributed by atoms with Crippen molar-refractivity contribution in [1.29, 1.82) is 0 Å². The third-order valence-electron chi connectivity index (χ3n) is 5.77. The molecule has 1 aliphatic rings. The summed E-state index contributed by atoms with van der Waals surface area (Å²) >= 11 is 6.40. The molecule has 1 aliphatic heterocycles. The lowest BCUT2D eigenvalue weighted by atomic mass is 10.0. The molecule has 1 fully saturated rings. The number of benzene rings is 2. The number of oxazole rings is 1. The van der Waals surface area contributed by atoms with Gasteiger partial charge < -0.3 is 14.4 Å². The first kappa shape index (κ1) is 19.9. The summed E-state index contributed by atoms with van der Waals surface area (Å²) in [6, 6.07) is 9.63. The molecule has 29 heavy (non-hydrogen) atoms. The summed E-state index contributed by atoms with van der Waals surface area (Å²) in [5.41, 5.74) is 2.54. The van der Waals surface area contributed by atoms with Crippen molar-refractivity contribution in [2.24, 2.45) is 7.05 Å². The number of hydrogen-bond donors (Lipinski definition) is 1. The quantitative estimate of drug-likeness (QED) is 0.703. The van der Waals surface area contributed by atoms with Gasteiger partial charge in [-0.25, -0.2) is 9.18 Å². The van der Waals surface area contributed by atoms with Gasteiger partial charge in [-0.15, -0.1) is 0 Å². The predicted octanol–water partition coefficient (Wildman–Crippen LogP) is 3.17. The number of hydrogen-bond acceptors (Lipinski definition) is 5. The van der Waals surface area contributed by atoms with Crippen molar-refractivity contribution in [1.82, 2.24) is 9.47 Å². The highest BCUT2D eigenvalue weighted by molar-refractivity contribution is 6.32. The first-order chi connectivity index (χ1) is 13.8. The maximum Gasteiger partial charge on any atom is 0.419 e. The molecule has 2 heterocycles. The number of fused-ring (bicyclic) bond motifs is 1. The standard InChI is InChI=1S/C21H23ClFN3O3/c1-13(25-7-9-26(10-8-25)15-5-3-14(23)4-6-15)20(27)16-11-19-18(12-17(16)22)24(2)21(28)29-19/h3-6,11-13,20,27H,7-10H2,1-2H3. The van der Waals surface area contributed by atoms with E-state index in [0.717, 1.165) is 31.9 Å². The summed E-state index contributed by atoms with van der Waals surface area (Å²) in [4.78, 5) is 16.1. The van der Waals surface area contributed by atoms with Crippen molar-refractivity contribution >= 4 is 28.4 Å². The van der Waals surface area contributed by atoms with E-state index in [1.807, 2.05) is 6.92 Å². The average molecular weight is 420 g/mol. The van der Waals surface area contributed by atoms with E-state index in [1.165, 1.54) is 16.7 Å². The maximum atomic E-state index is 13.1. The van der Waals surface area contributed by atoms with Crippen LogP contribution in [0.15, 0.2) is 45.6 Å². The fourth-order valence-electron chi connectivity index (χ4n) is 3.89. The van der Waals surface area contributed by atoms with Crippen molar-refractivity contribution in [2.45, 2.75) is 19.1 Å². The number of aliphatic hydroxyl groups excluding tert-OH is 1. The number of aryl methyl sites for hydroxylation is 1. The Labute approximate surface area is 172 Å². The van der Waals surface area contributed by atoms with Gasteiger partial charge >= 0.3 is 5.76 Å². The van der Waals surface area contributed by atoms with Crippen LogP contribution < -0.4 is 10.7 Å². The molecular formula is C21H23ClFN3O3. The molecule has 1 aromatic heterocycles. The zero-order valence-electron chi connectivity index (χ0n) is 16.3. The van der Waals surface area contributed by atoms with E-state index in [4.69, 9.17) is 16.0 Å². The minimum absolute atomic E-state index is 0.171. The van der Waals surface area contributed by atoms with E-state index < -0.39 is 11.9 Å². The summed E-state index contributed by atoms with van der Waals surface area (Å²) < 4.78 is 19.8. The van der Waals surface area contributed by atoms with E-state index in [9.17, 15) is 14.3 Å². The smallest absolute Gasteiger partial charge is 0.408 e. The Morgan fingerprint density at radius 3 is 2.45 bits per heavy atom. The number of rotatable bonds is 4. The molecule has 154 valence electrons. The summed E-state index contributed by atoms with van der Waals surface area (Å²) in [6.07, 6.45) is -0.824. The van der Waals surface area contributed by atoms with Crippen LogP contribution in [0.3, 0.4) is 0 Å². The lowest BCUT2D eigenvalue weighted by Gasteiger charge is -2.40. The van der Waals surface area contributed by atoms with Crippen LogP contribution in [0.2, 0.25) is 5.02 Å². The Morgan fingerprint density at radius 2 is 1.79 bits per heavy atom. The van der Waals surface area contributed by atoms with E-state index in [-0.39, 0.29) is 11.9 Å². The molecule has 0 bridgehead atoms. The number of halogens is 2. The highest BCUT2D eigenvalue weighted by Gasteiger charge is 2.28. The van der Waals surface area contributed by atoms with Gasteiger partial charge in [-0.2, -0.15) is 0 Å². The molecule has 4 rings (SSSR count). The van der Waals surface area contributed by atoms with E-state index >= 15 is 0 Å². The number of piperazine rings is 1. The van der Waals surface area contributed by atoms with Gasteiger partial charge in [0.25, 0.3) is 0 Å². The highest BCUT2D eigenvalue weighted by atomic mass is 35.5. The van der Waals surface area contributed by atoms with Gasteiger partial charge in [0, 0.05) is 55.5 Å². The lowest BCUT2D eigenvalue weighted by molar-refractivity contribution is 0.0547. The van der Waals surface area contributed by atoms with Gasteiger partial charge in [-0.3, -0.25) is 9.47 Å². The number of aliphatic hydroxyl groups is 1. The number of aromatic nitrogens is 1. The fraction of sp³-hybridized carbons (Fsp3) is 0.381. The average Bonchev–Trinajstić information content (AvgIpc) is 3.00. The second-order valence-corrected chi connectivity index (χ2v) is 7.86. The SMILES string of the molecule is CC(C(O)c1cc2oc(=O)n(C)c2cc1Cl)N1CCN(c2ccc(F)cc2)CC1. The molecule has 2 aromatic carbocycles. The van der Waals surface area contributed by atoms with E-state index in [1.54, 1.807) is 31.3 Å². The Hall–Kier alpha value is -2.35. The molecular weight excluding hydrogens is 397 g/mol. The van der Waals surface area contributed by atoms with Crippen molar-refractivity contribution in [3.8, 4) is 0 Å². The van der Waals surface area contributed by atoms with Crippen LogP contribution in [0, 0.1) is 5.82 Å². The van der Waals surface area contributed by atoms with Gasteiger partial charge in [0.1, 0.15) is 5.82 Å². The second-order valence-electron chi connectivity index (χ2n) is 7.45. The molecule has 1 saturated heterocycles. The Bertz CT molecular complexity index is 1070. The molecule has 6 nitrogen and oxygen atoms in total. The summed E-state index contributed by atoms with van der Waals surface area (Å²) in [5, 5.41) is 11.4. The zero-order valence-corrected chi connectivity index (χ0v) is 17.1. The molecule has 0 radical (unpaired) electrons. The van der Waals surface area contributed by atoms with Gasteiger partial charge in [0.15, 0.2) is 5.58 Å². The molecule has 8 heteroatoms. The zero-order chi connectivity index (χ0) is 20.7. The van der Waals surface area contributed by atoms with Gasteiger partial charge in [-0.05, 0) is 43.3 Å². The van der Waals surface area contributed by atoms with E-state index in [0.29, 0.717) is 21.7 Å². The second kappa shape index (κ2) is 7.82. The maximum absolute atomic E-state index is 13.1. The van der Waals surface area contributed by atoms with Crippen LogP contribution in [0.4, 0.5) is 10.1 Å².